The molecule has 1 atom stereocenters. The van der Waals surface area contributed by atoms with Crippen LogP contribution in [0.15, 0.2) is 33.5 Å². The van der Waals surface area contributed by atoms with Crippen LogP contribution in [0.1, 0.15) is 25.8 Å². The lowest BCUT2D eigenvalue weighted by atomic mass is 10.1. The van der Waals surface area contributed by atoms with E-state index >= 15 is 0 Å². The van der Waals surface area contributed by atoms with Crippen LogP contribution in [0.2, 0.25) is 0 Å². The minimum atomic E-state index is -0.662. The van der Waals surface area contributed by atoms with Crippen molar-refractivity contribution >= 4 is 16.9 Å². The van der Waals surface area contributed by atoms with Gasteiger partial charge in [-0.1, -0.05) is 13.8 Å². The predicted molar refractivity (Wildman–Crippen MR) is 80.3 cm³/mol. The molecule has 1 unspecified atom stereocenters. The monoisotopic (exact) mass is 324 g/mol. The third-order valence-corrected chi connectivity index (χ3v) is 3.17. The van der Waals surface area contributed by atoms with Gasteiger partial charge < -0.3 is 27.3 Å². The highest BCUT2D eigenvalue weighted by atomic mass is 35.5. The number of esters is 1. The van der Waals surface area contributed by atoms with E-state index in [1.165, 1.54) is 12.1 Å². The van der Waals surface area contributed by atoms with Gasteiger partial charge in [0.05, 0.1) is 0 Å². The van der Waals surface area contributed by atoms with E-state index in [0.29, 0.717) is 23.7 Å². The Morgan fingerprint density at radius 3 is 2.64 bits per heavy atom. The summed E-state index contributed by atoms with van der Waals surface area (Å²) in [6, 6.07) is 5.71. The molecule has 2 aromatic rings. The minimum absolute atomic E-state index is 0. The Labute approximate surface area is 134 Å². The van der Waals surface area contributed by atoms with Gasteiger partial charge in [0, 0.05) is 17.5 Å². The summed E-state index contributed by atoms with van der Waals surface area (Å²) in [7, 11) is 0. The van der Waals surface area contributed by atoms with Crippen LogP contribution in [0.5, 0.6) is 5.75 Å². The van der Waals surface area contributed by atoms with Gasteiger partial charge in [-0.3, -0.25) is 0 Å². The fourth-order valence-corrected chi connectivity index (χ4v) is 2.16. The van der Waals surface area contributed by atoms with E-state index in [1.807, 2.05) is 20.8 Å². The normalized spacial score (nSPS) is 12.0. The van der Waals surface area contributed by atoms with Crippen LogP contribution in [-0.2, 0) is 4.79 Å². The fraction of sp³-hybridized carbons (Fsp3) is 0.375. The summed E-state index contributed by atoms with van der Waals surface area (Å²) in [5.74, 6) is 0.142. The second kappa shape index (κ2) is 7.42. The number of fused-ring (bicyclic) bond motifs is 1. The van der Waals surface area contributed by atoms with E-state index in [9.17, 15) is 9.59 Å². The number of carbonyl (C=O) groups excluding carboxylic acids is 1. The summed E-state index contributed by atoms with van der Waals surface area (Å²) in [6.07, 6.45) is 0.556. The molecule has 0 aliphatic carbocycles. The predicted octanol–water partition coefficient (Wildman–Crippen LogP) is -0.616. The number of benzene rings is 1. The standard InChI is InChI=1S/C16H19NO4.ClH/c1-9(2)6-13(17)16(19)20-11-4-5-12-10(3)7-15(18)21-14(12)8-11;/h4-5,7-9,13H,6,17H2,1-3H3;1H/p-1. The number of aryl methyl sites for hydroxylation is 1. The molecule has 0 fully saturated rings. The van der Waals surface area contributed by atoms with Gasteiger partial charge in [0.25, 0.3) is 0 Å². The minimum Gasteiger partial charge on any atom is -1.00 e. The quantitative estimate of drug-likeness (QED) is 0.461. The summed E-state index contributed by atoms with van der Waals surface area (Å²) in [6.45, 7) is 5.80. The van der Waals surface area contributed by atoms with Crippen molar-refractivity contribution in [2.75, 3.05) is 0 Å². The lowest BCUT2D eigenvalue weighted by Crippen LogP contribution is -3.00. The first kappa shape index (κ1) is 18.2. The molecule has 2 N–H and O–H groups in total. The Kier molecular flexibility index (Phi) is 6.14. The molecule has 0 saturated carbocycles. The number of halogens is 1. The summed E-state index contributed by atoms with van der Waals surface area (Å²) >= 11 is 0. The number of hydrogen-bond acceptors (Lipinski definition) is 5. The molecule has 0 saturated heterocycles. The van der Waals surface area contributed by atoms with Crippen molar-refractivity contribution < 1.29 is 26.4 Å². The van der Waals surface area contributed by atoms with Gasteiger partial charge in [-0.25, -0.2) is 9.59 Å². The molecular formula is C16H19ClNO4-. The molecule has 5 nitrogen and oxygen atoms in total. The summed E-state index contributed by atoms with van der Waals surface area (Å²) in [5.41, 5.74) is 6.56. The van der Waals surface area contributed by atoms with Gasteiger partial charge in [-0.05, 0) is 37.0 Å². The number of ether oxygens (including phenoxy) is 1. The third kappa shape index (κ3) is 4.32. The molecule has 0 bridgehead atoms. The number of carbonyl (C=O) groups is 1. The topological polar surface area (TPSA) is 82.5 Å². The van der Waals surface area contributed by atoms with Crippen LogP contribution in [0.25, 0.3) is 11.0 Å². The molecule has 0 aliphatic heterocycles. The first-order valence-electron chi connectivity index (χ1n) is 6.88. The number of nitrogens with two attached hydrogens (primary N) is 1. The highest BCUT2D eigenvalue weighted by Crippen LogP contribution is 2.22. The van der Waals surface area contributed by atoms with Gasteiger partial charge in [0.2, 0.25) is 0 Å². The molecule has 1 aromatic heterocycles. The molecule has 120 valence electrons. The van der Waals surface area contributed by atoms with Crippen molar-refractivity contribution in [3.05, 3.63) is 40.2 Å². The van der Waals surface area contributed by atoms with E-state index in [0.717, 1.165) is 10.9 Å². The van der Waals surface area contributed by atoms with Gasteiger partial charge in [0.1, 0.15) is 17.4 Å². The molecule has 2 rings (SSSR count). The zero-order chi connectivity index (χ0) is 15.6. The lowest BCUT2D eigenvalue weighted by Gasteiger charge is -2.13. The molecule has 0 radical (unpaired) electrons. The molecule has 22 heavy (non-hydrogen) atoms. The molecular weight excluding hydrogens is 306 g/mol. The average molecular weight is 325 g/mol. The highest BCUT2D eigenvalue weighted by Gasteiger charge is 2.17. The molecule has 6 heteroatoms. The Bertz CT molecular complexity index is 724. The molecule has 0 aliphatic rings. The van der Waals surface area contributed by atoms with E-state index in [-0.39, 0.29) is 12.4 Å². The van der Waals surface area contributed by atoms with E-state index in [4.69, 9.17) is 14.9 Å². The summed E-state index contributed by atoms with van der Waals surface area (Å²) in [5, 5.41) is 0.806. The van der Waals surface area contributed by atoms with Crippen molar-refractivity contribution in [1.29, 1.82) is 0 Å². The van der Waals surface area contributed by atoms with Crippen molar-refractivity contribution in [3.8, 4) is 5.75 Å². The SMILES string of the molecule is Cc1cc(=O)oc2cc(OC(=O)C(N)CC(C)C)ccc12.[Cl-]. The fourth-order valence-electron chi connectivity index (χ4n) is 2.16. The van der Waals surface area contributed by atoms with E-state index < -0.39 is 17.6 Å². The van der Waals surface area contributed by atoms with Crippen molar-refractivity contribution in [1.82, 2.24) is 0 Å². The van der Waals surface area contributed by atoms with Crippen LogP contribution >= 0.6 is 0 Å². The highest BCUT2D eigenvalue weighted by molar-refractivity contribution is 5.83. The van der Waals surface area contributed by atoms with E-state index in [2.05, 4.69) is 0 Å². The smallest absolute Gasteiger partial charge is 0.336 e. The number of hydrogen-bond donors (Lipinski definition) is 1. The Morgan fingerprint density at radius 2 is 2.00 bits per heavy atom. The van der Waals surface area contributed by atoms with Crippen LogP contribution in [-0.4, -0.2) is 12.0 Å². The van der Waals surface area contributed by atoms with Gasteiger partial charge >= 0.3 is 11.6 Å². The average Bonchev–Trinajstić information content (AvgIpc) is 2.37. The zero-order valence-electron chi connectivity index (χ0n) is 12.8. The summed E-state index contributed by atoms with van der Waals surface area (Å²) < 4.78 is 10.4. The van der Waals surface area contributed by atoms with Crippen molar-refractivity contribution in [2.45, 2.75) is 33.2 Å². The third-order valence-electron chi connectivity index (χ3n) is 3.17. The van der Waals surface area contributed by atoms with Crippen molar-refractivity contribution in [2.24, 2.45) is 11.7 Å². The molecule has 1 heterocycles. The maximum Gasteiger partial charge on any atom is 0.336 e. The maximum atomic E-state index is 11.9. The lowest BCUT2D eigenvalue weighted by molar-refractivity contribution is -0.136. The maximum absolute atomic E-state index is 11.9. The first-order chi connectivity index (χ1) is 9.86. The Morgan fingerprint density at radius 1 is 1.32 bits per heavy atom. The molecule has 1 aromatic carbocycles. The van der Waals surface area contributed by atoms with Gasteiger partial charge in [0.15, 0.2) is 0 Å². The van der Waals surface area contributed by atoms with Crippen LogP contribution in [0.3, 0.4) is 0 Å². The van der Waals surface area contributed by atoms with Gasteiger partial charge in [-0.2, -0.15) is 0 Å². The second-order valence-corrected chi connectivity index (χ2v) is 5.56. The van der Waals surface area contributed by atoms with Crippen LogP contribution in [0, 0.1) is 12.8 Å². The van der Waals surface area contributed by atoms with Gasteiger partial charge in [-0.15, -0.1) is 0 Å². The van der Waals surface area contributed by atoms with E-state index in [1.54, 1.807) is 12.1 Å². The molecule has 0 spiro atoms. The van der Waals surface area contributed by atoms with Crippen molar-refractivity contribution in [3.63, 3.8) is 0 Å². The van der Waals surface area contributed by atoms with Crippen LogP contribution in [0.4, 0.5) is 0 Å². The second-order valence-electron chi connectivity index (χ2n) is 5.56. The first-order valence-corrected chi connectivity index (χ1v) is 6.88. The largest absolute Gasteiger partial charge is 1.00 e. The Hall–Kier alpha value is -1.85. The molecule has 0 amide bonds. The summed E-state index contributed by atoms with van der Waals surface area (Å²) in [4.78, 5) is 23.3. The Balaban J connectivity index is 0.00000242. The number of rotatable bonds is 4. The van der Waals surface area contributed by atoms with Crippen LogP contribution < -0.4 is 28.5 Å². The zero-order valence-corrected chi connectivity index (χ0v) is 13.5.